The van der Waals surface area contributed by atoms with E-state index in [4.69, 9.17) is 0 Å². The molecular weight excluding hydrogens is 227 g/mol. The number of alkyl halides is 3. The molecule has 0 saturated carbocycles. The van der Waals surface area contributed by atoms with Gasteiger partial charge in [0.1, 0.15) is 0 Å². The average Bonchev–Trinajstić information content (AvgIpc) is 2.49. The van der Waals surface area contributed by atoms with Crippen LogP contribution in [0, 0.1) is 0 Å². The molecule has 1 heterocycles. The molecule has 0 aliphatic carbocycles. The summed E-state index contributed by atoms with van der Waals surface area (Å²) < 4.78 is 36.8. The molecule has 7 heteroatoms. The topological polar surface area (TPSA) is 29.9 Å². The Labute approximate surface area is 90.0 Å². The zero-order valence-corrected chi connectivity index (χ0v) is 9.03. The molecule has 86 valence electrons. The number of halogens is 3. The second kappa shape index (κ2) is 5.41. The number of nitrogens with zero attached hydrogens (tertiary/aromatic N) is 2. The second-order valence-electron chi connectivity index (χ2n) is 2.99. The summed E-state index contributed by atoms with van der Waals surface area (Å²) in [5.74, 6) is 0.0315. The van der Waals surface area contributed by atoms with Gasteiger partial charge in [-0.1, -0.05) is 0 Å². The first-order valence-corrected chi connectivity index (χ1v) is 5.35. The van der Waals surface area contributed by atoms with Crippen LogP contribution in [0.25, 0.3) is 0 Å². The van der Waals surface area contributed by atoms with Crippen molar-refractivity contribution < 1.29 is 13.2 Å². The molecule has 1 aromatic rings. The second-order valence-corrected chi connectivity index (χ2v) is 4.15. The SMILES string of the molecule is Cn1cc(CNCCSC(F)(F)F)cn1. The summed E-state index contributed by atoms with van der Waals surface area (Å²) >= 11 is -0.00942. The summed E-state index contributed by atoms with van der Waals surface area (Å²) in [6, 6.07) is 0. The molecule has 0 spiro atoms. The van der Waals surface area contributed by atoms with Gasteiger partial charge in [-0.15, -0.1) is 0 Å². The molecule has 1 aromatic heterocycles. The Morgan fingerprint density at radius 3 is 2.80 bits per heavy atom. The maximum absolute atomic E-state index is 11.7. The van der Waals surface area contributed by atoms with Crippen molar-refractivity contribution in [3.05, 3.63) is 18.0 Å². The van der Waals surface area contributed by atoms with Gasteiger partial charge < -0.3 is 5.32 Å². The molecule has 15 heavy (non-hydrogen) atoms. The number of hydrogen-bond donors (Lipinski definition) is 1. The summed E-state index contributed by atoms with van der Waals surface area (Å²) in [7, 11) is 1.79. The third kappa shape index (κ3) is 5.68. The van der Waals surface area contributed by atoms with E-state index in [0.29, 0.717) is 13.1 Å². The third-order valence-electron chi connectivity index (χ3n) is 1.63. The van der Waals surface area contributed by atoms with Crippen LogP contribution in [0.15, 0.2) is 12.4 Å². The lowest BCUT2D eigenvalue weighted by molar-refractivity contribution is -0.0327. The smallest absolute Gasteiger partial charge is 0.312 e. The molecule has 0 bridgehead atoms. The Morgan fingerprint density at radius 2 is 2.27 bits per heavy atom. The fraction of sp³-hybridized carbons (Fsp3) is 0.625. The van der Waals surface area contributed by atoms with Crippen molar-refractivity contribution in [2.45, 2.75) is 12.1 Å². The van der Waals surface area contributed by atoms with Crippen molar-refractivity contribution in [2.24, 2.45) is 7.05 Å². The van der Waals surface area contributed by atoms with Crippen LogP contribution in [-0.2, 0) is 13.6 Å². The van der Waals surface area contributed by atoms with Gasteiger partial charge in [-0.25, -0.2) is 0 Å². The fourth-order valence-electron chi connectivity index (χ4n) is 1.03. The number of aromatic nitrogens is 2. The fourth-order valence-corrected chi connectivity index (χ4v) is 1.51. The van der Waals surface area contributed by atoms with Crippen molar-refractivity contribution in [2.75, 3.05) is 12.3 Å². The van der Waals surface area contributed by atoms with Gasteiger partial charge in [0.15, 0.2) is 0 Å². The quantitative estimate of drug-likeness (QED) is 0.794. The summed E-state index contributed by atoms with van der Waals surface area (Å²) in [6.45, 7) is 0.880. The minimum absolute atomic E-state index is 0.00942. The van der Waals surface area contributed by atoms with E-state index in [9.17, 15) is 13.2 Å². The highest BCUT2D eigenvalue weighted by atomic mass is 32.2. The van der Waals surface area contributed by atoms with Gasteiger partial charge in [-0.3, -0.25) is 4.68 Å². The van der Waals surface area contributed by atoms with Gasteiger partial charge in [-0.05, 0) is 11.8 Å². The minimum atomic E-state index is -4.13. The van der Waals surface area contributed by atoms with Gasteiger partial charge >= 0.3 is 5.51 Å². The van der Waals surface area contributed by atoms with Crippen LogP contribution in [0.1, 0.15) is 5.56 Å². The Bertz CT molecular complexity index is 298. The molecule has 0 aliphatic heterocycles. The van der Waals surface area contributed by atoms with Crippen molar-refractivity contribution in [3.63, 3.8) is 0 Å². The number of thioether (sulfide) groups is 1. The first kappa shape index (κ1) is 12.4. The van der Waals surface area contributed by atoms with Crippen molar-refractivity contribution in [1.82, 2.24) is 15.1 Å². The molecule has 0 saturated heterocycles. The van der Waals surface area contributed by atoms with Crippen LogP contribution >= 0.6 is 11.8 Å². The van der Waals surface area contributed by atoms with Gasteiger partial charge in [0.25, 0.3) is 0 Å². The van der Waals surface area contributed by atoms with Gasteiger partial charge in [0, 0.05) is 37.7 Å². The molecular formula is C8H12F3N3S. The Morgan fingerprint density at radius 1 is 1.53 bits per heavy atom. The molecule has 0 unspecified atom stereocenters. The number of hydrogen-bond acceptors (Lipinski definition) is 3. The molecule has 3 nitrogen and oxygen atoms in total. The molecule has 0 aromatic carbocycles. The van der Waals surface area contributed by atoms with Crippen molar-refractivity contribution in [3.8, 4) is 0 Å². The van der Waals surface area contributed by atoms with E-state index in [0.717, 1.165) is 5.56 Å². The highest BCUT2D eigenvalue weighted by Crippen LogP contribution is 2.29. The molecule has 0 aliphatic rings. The predicted molar refractivity (Wildman–Crippen MR) is 53.4 cm³/mol. The van der Waals surface area contributed by atoms with Gasteiger partial charge in [-0.2, -0.15) is 18.3 Å². The standard InChI is InChI=1S/C8H12F3N3S/c1-14-6-7(5-13-14)4-12-2-3-15-8(9,10)11/h5-6,12H,2-4H2,1H3. The molecule has 1 N–H and O–H groups in total. The van der Waals surface area contributed by atoms with Crippen LogP contribution in [0.5, 0.6) is 0 Å². The van der Waals surface area contributed by atoms with Crippen LogP contribution in [-0.4, -0.2) is 27.6 Å². The Hall–Kier alpha value is -0.690. The largest absolute Gasteiger partial charge is 0.441 e. The minimum Gasteiger partial charge on any atom is -0.312 e. The van der Waals surface area contributed by atoms with E-state index in [1.165, 1.54) is 0 Å². The maximum Gasteiger partial charge on any atom is 0.441 e. The zero-order valence-electron chi connectivity index (χ0n) is 8.21. The maximum atomic E-state index is 11.7. The number of aryl methyl sites for hydroxylation is 1. The normalized spacial score (nSPS) is 12.0. The van der Waals surface area contributed by atoms with E-state index < -0.39 is 5.51 Å². The molecule has 0 amide bonds. The summed E-state index contributed by atoms with van der Waals surface area (Å²) in [5, 5.41) is 6.86. The van der Waals surface area contributed by atoms with E-state index in [1.807, 2.05) is 6.20 Å². The van der Waals surface area contributed by atoms with E-state index >= 15 is 0 Å². The summed E-state index contributed by atoms with van der Waals surface area (Å²) in [6.07, 6.45) is 3.51. The van der Waals surface area contributed by atoms with E-state index in [-0.39, 0.29) is 17.5 Å². The number of rotatable bonds is 5. The van der Waals surface area contributed by atoms with E-state index in [2.05, 4.69) is 10.4 Å². The zero-order chi connectivity index (χ0) is 11.3. The first-order chi connectivity index (χ1) is 6.97. The Kier molecular flexibility index (Phi) is 4.46. The van der Waals surface area contributed by atoms with Crippen LogP contribution in [0.2, 0.25) is 0 Å². The molecule has 1 rings (SSSR count). The van der Waals surface area contributed by atoms with Gasteiger partial charge in [0.05, 0.1) is 6.20 Å². The predicted octanol–water partition coefficient (Wildman–Crippen LogP) is 1.76. The lowest BCUT2D eigenvalue weighted by Crippen LogP contribution is -2.18. The summed E-state index contributed by atoms with van der Waals surface area (Å²) in [4.78, 5) is 0. The van der Waals surface area contributed by atoms with Crippen LogP contribution < -0.4 is 5.32 Å². The van der Waals surface area contributed by atoms with Crippen molar-refractivity contribution in [1.29, 1.82) is 0 Å². The van der Waals surface area contributed by atoms with Crippen LogP contribution in [0.3, 0.4) is 0 Å². The molecule has 0 fully saturated rings. The summed E-state index contributed by atoms with van der Waals surface area (Å²) in [5.41, 5.74) is -3.16. The van der Waals surface area contributed by atoms with Gasteiger partial charge in [0.2, 0.25) is 0 Å². The highest BCUT2D eigenvalue weighted by Gasteiger charge is 2.27. The Balaban J connectivity index is 2.07. The monoisotopic (exact) mass is 239 g/mol. The van der Waals surface area contributed by atoms with Crippen LogP contribution in [0.4, 0.5) is 13.2 Å². The molecule has 0 radical (unpaired) electrons. The van der Waals surface area contributed by atoms with Crippen molar-refractivity contribution >= 4 is 11.8 Å². The van der Waals surface area contributed by atoms with E-state index in [1.54, 1.807) is 17.9 Å². The lowest BCUT2D eigenvalue weighted by Gasteiger charge is -2.05. The first-order valence-electron chi connectivity index (χ1n) is 4.36. The molecule has 0 atom stereocenters. The number of nitrogens with one attached hydrogen (secondary N) is 1. The highest BCUT2D eigenvalue weighted by molar-refractivity contribution is 8.00. The average molecular weight is 239 g/mol. The lowest BCUT2D eigenvalue weighted by atomic mass is 10.3. The third-order valence-corrected chi connectivity index (χ3v) is 2.37.